The van der Waals surface area contributed by atoms with E-state index in [9.17, 15) is 4.79 Å². The van der Waals surface area contributed by atoms with Crippen molar-refractivity contribution in [1.82, 2.24) is 14.9 Å². The Morgan fingerprint density at radius 2 is 2.23 bits per heavy atom. The number of hydrogen-bond donors (Lipinski definition) is 0. The number of nitrogens with zero attached hydrogens (tertiary/aromatic N) is 3. The van der Waals surface area contributed by atoms with Crippen LogP contribution in [0, 0.1) is 0 Å². The van der Waals surface area contributed by atoms with E-state index in [2.05, 4.69) is 9.97 Å². The summed E-state index contributed by atoms with van der Waals surface area (Å²) in [5, 5.41) is 0.144. The summed E-state index contributed by atoms with van der Waals surface area (Å²) in [6, 6.07) is 1.63. The predicted molar refractivity (Wildman–Crippen MR) is 83.1 cm³/mol. The molecule has 1 aliphatic rings. The largest absolute Gasteiger partial charge is 0.475 e. The van der Waals surface area contributed by atoms with Crippen molar-refractivity contribution in [3.05, 3.63) is 17.5 Å². The molecule has 6 nitrogen and oxygen atoms in total. The van der Waals surface area contributed by atoms with Crippen LogP contribution in [0.4, 0.5) is 4.79 Å². The molecule has 1 aromatic heterocycles. The highest BCUT2D eigenvalue weighted by atomic mass is 35.5. The van der Waals surface area contributed by atoms with E-state index in [1.807, 2.05) is 20.8 Å². The average molecular weight is 328 g/mol. The van der Waals surface area contributed by atoms with Gasteiger partial charge in [0.2, 0.25) is 11.2 Å². The fourth-order valence-electron chi connectivity index (χ4n) is 2.32. The number of rotatable bonds is 3. The Labute approximate surface area is 135 Å². The molecule has 0 unspecified atom stereocenters. The minimum absolute atomic E-state index is 0.0164. The SMILES string of the molecule is CC(C)(C)OC(=O)N1CCCC[C@@H]1COc1ccnc(Cl)n1. The summed E-state index contributed by atoms with van der Waals surface area (Å²) in [5.74, 6) is 0.412. The Balaban J connectivity index is 1.96. The zero-order valence-electron chi connectivity index (χ0n) is 13.2. The first-order chi connectivity index (χ1) is 10.3. The van der Waals surface area contributed by atoms with E-state index in [0.717, 1.165) is 19.3 Å². The molecule has 7 heteroatoms. The smallest absolute Gasteiger partial charge is 0.410 e. The van der Waals surface area contributed by atoms with Gasteiger partial charge in [0.1, 0.15) is 12.2 Å². The third-order valence-corrected chi connectivity index (χ3v) is 3.46. The summed E-state index contributed by atoms with van der Waals surface area (Å²) in [6.07, 6.45) is 4.18. The summed E-state index contributed by atoms with van der Waals surface area (Å²) in [5.41, 5.74) is -0.500. The van der Waals surface area contributed by atoms with Gasteiger partial charge in [-0.3, -0.25) is 0 Å². The number of piperidine rings is 1. The van der Waals surface area contributed by atoms with Crippen LogP contribution in [0.3, 0.4) is 0 Å². The summed E-state index contributed by atoms with van der Waals surface area (Å²) in [4.78, 5) is 21.8. The average Bonchev–Trinajstić information content (AvgIpc) is 2.44. The van der Waals surface area contributed by atoms with E-state index in [1.54, 1.807) is 11.0 Å². The molecule has 0 aliphatic carbocycles. The first-order valence-electron chi connectivity index (χ1n) is 7.46. The van der Waals surface area contributed by atoms with Gasteiger partial charge in [0.05, 0.1) is 6.04 Å². The van der Waals surface area contributed by atoms with Crippen molar-refractivity contribution in [3.63, 3.8) is 0 Å². The van der Waals surface area contributed by atoms with Crippen LogP contribution in [0.1, 0.15) is 40.0 Å². The number of aromatic nitrogens is 2. The Hall–Kier alpha value is -1.56. The number of carbonyl (C=O) groups excluding carboxylic acids is 1. The van der Waals surface area contributed by atoms with Crippen LogP contribution in [-0.4, -0.2) is 45.8 Å². The quantitative estimate of drug-likeness (QED) is 0.797. The highest BCUT2D eigenvalue weighted by molar-refractivity contribution is 6.28. The van der Waals surface area contributed by atoms with E-state index < -0.39 is 5.60 Å². The van der Waals surface area contributed by atoms with E-state index >= 15 is 0 Å². The van der Waals surface area contributed by atoms with Gasteiger partial charge in [0.15, 0.2) is 0 Å². The molecule has 2 rings (SSSR count). The highest BCUT2D eigenvalue weighted by Crippen LogP contribution is 2.21. The minimum Gasteiger partial charge on any atom is -0.475 e. The van der Waals surface area contributed by atoms with Crippen molar-refractivity contribution < 1.29 is 14.3 Å². The molecule has 0 spiro atoms. The van der Waals surface area contributed by atoms with Crippen LogP contribution in [0.15, 0.2) is 12.3 Å². The van der Waals surface area contributed by atoms with Gasteiger partial charge in [-0.25, -0.2) is 9.78 Å². The molecule has 1 atom stereocenters. The first kappa shape index (κ1) is 16.8. The second-order valence-electron chi connectivity index (χ2n) is 6.30. The van der Waals surface area contributed by atoms with Crippen LogP contribution in [0.2, 0.25) is 5.28 Å². The molecule has 0 radical (unpaired) electrons. The van der Waals surface area contributed by atoms with Gasteiger partial charge in [-0.15, -0.1) is 0 Å². The standard InChI is InChI=1S/C15H22ClN3O3/c1-15(2,3)22-14(20)19-9-5-4-6-11(19)10-21-12-7-8-17-13(16)18-12/h7-8,11H,4-6,9-10H2,1-3H3/t11-/m1/s1. The molecule has 2 heterocycles. The van der Waals surface area contributed by atoms with Crippen LogP contribution in [0.5, 0.6) is 5.88 Å². The molecule has 0 aromatic carbocycles. The van der Waals surface area contributed by atoms with Crippen molar-refractivity contribution in [1.29, 1.82) is 0 Å². The van der Waals surface area contributed by atoms with Crippen LogP contribution < -0.4 is 4.74 Å². The van der Waals surface area contributed by atoms with Gasteiger partial charge in [-0.1, -0.05) is 0 Å². The van der Waals surface area contributed by atoms with Gasteiger partial charge in [0.25, 0.3) is 0 Å². The summed E-state index contributed by atoms with van der Waals surface area (Å²) in [6.45, 7) is 6.65. The lowest BCUT2D eigenvalue weighted by Crippen LogP contribution is -2.48. The van der Waals surface area contributed by atoms with Gasteiger partial charge < -0.3 is 14.4 Å². The zero-order valence-corrected chi connectivity index (χ0v) is 14.0. The molecular weight excluding hydrogens is 306 g/mol. The molecular formula is C15H22ClN3O3. The van der Waals surface area contributed by atoms with Crippen molar-refractivity contribution in [3.8, 4) is 5.88 Å². The molecule has 0 saturated carbocycles. The molecule has 22 heavy (non-hydrogen) atoms. The number of hydrogen-bond acceptors (Lipinski definition) is 5. The van der Waals surface area contributed by atoms with Crippen LogP contribution >= 0.6 is 11.6 Å². The van der Waals surface area contributed by atoms with Crippen molar-refractivity contribution in [2.45, 2.75) is 51.7 Å². The number of halogens is 1. The second-order valence-corrected chi connectivity index (χ2v) is 6.64. The molecule has 1 aromatic rings. The molecule has 0 bridgehead atoms. The normalized spacial score (nSPS) is 18.9. The molecule has 0 N–H and O–H groups in total. The van der Waals surface area contributed by atoms with Gasteiger partial charge in [-0.05, 0) is 51.6 Å². The Kier molecular flexibility index (Phi) is 5.45. The molecule has 122 valence electrons. The lowest BCUT2D eigenvalue weighted by molar-refractivity contribution is 0.00334. The van der Waals surface area contributed by atoms with Crippen LogP contribution in [-0.2, 0) is 4.74 Å². The lowest BCUT2D eigenvalue weighted by atomic mass is 10.0. The summed E-state index contributed by atoms with van der Waals surface area (Å²) < 4.78 is 11.1. The van der Waals surface area contributed by atoms with E-state index in [1.165, 1.54) is 6.20 Å². The van der Waals surface area contributed by atoms with E-state index in [0.29, 0.717) is 19.0 Å². The Morgan fingerprint density at radius 3 is 2.91 bits per heavy atom. The monoisotopic (exact) mass is 327 g/mol. The molecule has 1 aliphatic heterocycles. The summed E-state index contributed by atoms with van der Waals surface area (Å²) >= 11 is 5.73. The zero-order chi connectivity index (χ0) is 16.2. The fraction of sp³-hybridized carbons (Fsp3) is 0.667. The third-order valence-electron chi connectivity index (χ3n) is 3.28. The van der Waals surface area contributed by atoms with E-state index in [4.69, 9.17) is 21.1 Å². The predicted octanol–water partition coefficient (Wildman–Crippen LogP) is 3.30. The summed E-state index contributed by atoms with van der Waals surface area (Å²) in [7, 11) is 0. The Morgan fingerprint density at radius 1 is 1.45 bits per heavy atom. The van der Waals surface area contributed by atoms with E-state index in [-0.39, 0.29) is 17.4 Å². The number of amides is 1. The van der Waals surface area contributed by atoms with Crippen molar-refractivity contribution >= 4 is 17.7 Å². The fourth-order valence-corrected chi connectivity index (χ4v) is 2.46. The highest BCUT2D eigenvalue weighted by Gasteiger charge is 2.30. The van der Waals surface area contributed by atoms with Gasteiger partial charge in [-0.2, -0.15) is 4.98 Å². The van der Waals surface area contributed by atoms with Crippen molar-refractivity contribution in [2.24, 2.45) is 0 Å². The second kappa shape index (κ2) is 7.13. The first-order valence-corrected chi connectivity index (χ1v) is 7.84. The molecule has 1 saturated heterocycles. The Bertz CT molecular complexity index is 519. The maximum atomic E-state index is 12.3. The molecule has 1 amide bonds. The lowest BCUT2D eigenvalue weighted by Gasteiger charge is -2.36. The van der Waals surface area contributed by atoms with Gasteiger partial charge >= 0.3 is 6.09 Å². The maximum absolute atomic E-state index is 12.3. The molecule has 1 fully saturated rings. The number of likely N-dealkylation sites (tertiary alicyclic amines) is 1. The van der Waals surface area contributed by atoms with Crippen molar-refractivity contribution in [2.75, 3.05) is 13.2 Å². The number of carbonyl (C=O) groups is 1. The van der Waals surface area contributed by atoms with Crippen LogP contribution in [0.25, 0.3) is 0 Å². The minimum atomic E-state index is -0.500. The number of ether oxygens (including phenoxy) is 2. The topological polar surface area (TPSA) is 64.5 Å². The van der Waals surface area contributed by atoms with Gasteiger partial charge in [0, 0.05) is 18.8 Å². The third kappa shape index (κ3) is 5.02. The maximum Gasteiger partial charge on any atom is 0.410 e.